The Labute approximate surface area is 121 Å². The number of aliphatic hydroxyl groups is 1. The summed E-state index contributed by atoms with van der Waals surface area (Å²) < 4.78 is 37.4. The summed E-state index contributed by atoms with van der Waals surface area (Å²) in [6, 6.07) is -0.580. The molecule has 122 valence electrons. The van der Waals surface area contributed by atoms with Crippen LogP contribution < -0.4 is 5.32 Å². The molecule has 1 aliphatic heterocycles. The van der Waals surface area contributed by atoms with E-state index in [0.29, 0.717) is 6.42 Å². The normalized spacial score (nSPS) is 31.8. The summed E-state index contributed by atoms with van der Waals surface area (Å²) in [7, 11) is 1.60. The van der Waals surface area contributed by atoms with Crippen LogP contribution in [0.15, 0.2) is 0 Å². The van der Waals surface area contributed by atoms with E-state index in [-0.39, 0.29) is 11.8 Å². The van der Waals surface area contributed by atoms with E-state index in [0.717, 1.165) is 25.9 Å². The molecule has 0 spiro atoms. The van der Waals surface area contributed by atoms with Gasteiger partial charge in [-0.3, -0.25) is 4.79 Å². The van der Waals surface area contributed by atoms with Crippen LogP contribution in [-0.4, -0.2) is 54.1 Å². The number of hydroxylamine groups is 2. The van der Waals surface area contributed by atoms with Gasteiger partial charge in [0.25, 0.3) is 0 Å². The number of hydrogen-bond acceptors (Lipinski definition) is 4. The minimum atomic E-state index is -4.62. The van der Waals surface area contributed by atoms with Crippen molar-refractivity contribution in [2.45, 2.75) is 49.9 Å². The third-order valence-electron chi connectivity index (χ3n) is 4.37. The third-order valence-corrected chi connectivity index (χ3v) is 4.37. The van der Waals surface area contributed by atoms with Crippen LogP contribution in [0.5, 0.6) is 0 Å². The Morgan fingerprint density at radius 3 is 2.43 bits per heavy atom. The van der Waals surface area contributed by atoms with Gasteiger partial charge >= 0.3 is 6.18 Å². The highest BCUT2D eigenvalue weighted by atomic mass is 19.4. The molecule has 0 bridgehead atoms. The van der Waals surface area contributed by atoms with Crippen molar-refractivity contribution in [3.8, 4) is 0 Å². The predicted molar refractivity (Wildman–Crippen MR) is 68.1 cm³/mol. The van der Waals surface area contributed by atoms with Gasteiger partial charge in [-0.25, -0.2) is 0 Å². The van der Waals surface area contributed by atoms with Gasteiger partial charge in [-0.2, -0.15) is 18.2 Å². The summed E-state index contributed by atoms with van der Waals surface area (Å²) in [5, 5.41) is 13.7. The fraction of sp³-hybridized carbons (Fsp3) is 0.923. The lowest BCUT2D eigenvalue weighted by Gasteiger charge is -2.44. The molecule has 21 heavy (non-hydrogen) atoms. The first-order valence-corrected chi connectivity index (χ1v) is 7.11. The summed E-state index contributed by atoms with van der Waals surface area (Å²) in [4.78, 5) is 16.9. The predicted octanol–water partition coefficient (Wildman–Crippen LogP) is 1.22. The Morgan fingerprint density at radius 1 is 1.38 bits per heavy atom. The average Bonchev–Trinajstić information content (AvgIpc) is 2.36. The molecule has 5 nitrogen and oxygen atoms in total. The molecule has 1 amide bonds. The van der Waals surface area contributed by atoms with Gasteiger partial charge in [0.1, 0.15) is 0 Å². The number of nitrogens with one attached hydrogen (secondary N) is 1. The van der Waals surface area contributed by atoms with Crippen LogP contribution in [0.4, 0.5) is 13.2 Å². The monoisotopic (exact) mass is 310 g/mol. The van der Waals surface area contributed by atoms with Crippen molar-refractivity contribution in [2.75, 3.05) is 20.2 Å². The molecule has 2 fully saturated rings. The Hall–Kier alpha value is -0.860. The fourth-order valence-corrected chi connectivity index (χ4v) is 2.93. The largest absolute Gasteiger partial charge is 0.417 e. The molecule has 2 N–H and O–H groups in total. The van der Waals surface area contributed by atoms with Gasteiger partial charge in [0.15, 0.2) is 5.60 Å². The van der Waals surface area contributed by atoms with Crippen molar-refractivity contribution >= 4 is 5.91 Å². The SMILES string of the molecule is CON1CCC(CC(=O)NC2CC(O)(C(F)(F)F)C2)CC1. The molecule has 1 heterocycles. The molecule has 0 aromatic rings. The summed E-state index contributed by atoms with van der Waals surface area (Å²) >= 11 is 0. The van der Waals surface area contributed by atoms with E-state index in [9.17, 15) is 23.1 Å². The van der Waals surface area contributed by atoms with Crippen LogP contribution in [0, 0.1) is 5.92 Å². The van der Waals surface area contributed by atoms with Gasteiger partial charge in [-0.15, -0.1) is 0 Å². The number of carbonyl (C=O) groups is 1. The second-order valence-electron chi connectivity index (χ2n) is 5.96. The lowest BCUT2D eigenvalue weighted by atomic mass is 9.75. The van der Waals surface area contributed by atoms with E-state index >= 15 is 0 Å². The number of rotatable bonds is 4. The molecule has 1 aliphatic carbocycles. The quantitative estimate of drug-likeness (QED) is 0.820. The van der Waals surface area contributed by atoms with Gasteiger partial charge < -0.3 is 15.3 Å². The van der Waals surface area contributed by atoms with Crippen molar-refractivity contribution in [3.05, 3.63) is 0 Å². The van der Waals surface area contributed by atoms with E-state index in [1.165, 1.54) is 0 Å². The first-order valence-electron chi connectivity index (χ1n) is 7.11. The smallest absolute Gasteiger partial charge is 0.380 e. The zero-order valence-corrected chi connectivity index (χ0v) is 11.9. The second kappa shape index (κ2) is 6.10. The summed E-state index contributed by atoms with van der Waals surface area (Å²) in [5.74, 6) is -0.00179. The van der Waals surface area contributed by atoms with Gasteiger partial charge in [-0.05, 0) is 18.8 Å². The molecule has 0 radical (unpaired) electrons. The molecular formula is C13H21F3N2O3. The topological polar surface area (TPSA) is 61.8 Å². The number of carbonyl (C=O) groups excluding carboxylic acids is 1. The molecule has 0 aromatic carbocycles. The molecule has 1 saturated heterocycles. The summed E-state index contributed by atoms with van der Waals surface area (Å²) in [6.45, 7) is 1.51. The number of piperidine rings is 1. The number of nitrogens with zero attached hydrogens (tertiary/aromatic N) is 1. The lowest BCUT2D eigenvalue weighted by Crippen LogP contribution is -2.62. The minimum Gasteiger partial charge on any atom is -0.380 e. The summed E-state index contributed by atoms with van der Waals surface area (Å²) in [5.41, 5.74) is -2.63. The van der Waals surface area contributed by atoms with Crippen LogP contribution in [0.2, 0.25) is 0 Å². The maximum Gasteiger partial charge on any atom is 0.417 e. The van der Waals surface area contributed by atoms with E-state index < -0.39 is 30.7 Å². The van der Waals surface area contributed by atoms with Crippen LogP contribution >= 0.6 is 0 Å². The highest BCUT2D eigenvalue weighted by molar-refractivity contribution is 5.76. The molecule has 0 atom stereocenters. The van der Waals surface area contributed by atoms with Gasteiger partial charge in [0.05, 0.1) is 7.11 Å². The second-order valence-corrected chi connectivity index (χ2v) is 5.96. The molecule has 2 rings (SSSR count). The minimum absolute atomic E-state index is 0.234. The van der Waals surface area contributed by atoms with Crippen molar-refractivity contribution in [2.24, 2.45) is 5.92 Å². The molecule has 2 aliphatic rings. The van der Waals surface area contributed by atoms with E-state index in [1.54, 1.807) is 7.11 Å². The third kappa shape index (κ3) is 3.87. The number of halogens is 3. The number of amides is 1. The molecule has 8 heteroatoms. The molecule has 1 saturated carbocycles. The fourth-order valence-electron chi connectivity index (χ4n) is 2.93. The summed E-state index contributed by atoms with van der Waals surface area (Å²) in [6.07, 6.45) is -3.55. The van der Waals surface area contributed by atoms with Crippen LogP contribution in [-0.2, 0) is 9.63 Å². The maximum atomic E-state index is 12.5. The highest BCUT2D eigenvalue weighted by Crippen LogP contribution is 2.45. The Kier molecular flexibility index (Phi) is 4.79. The van der Waals surface area contributed by atoms with E-state index in [2.05, 4.69) is 5.32 Å². The van der Waals surface area contributed by atoms with Crippen LogP contribution in [0.3, 0.4) is 0 Å². The van der Waals surface area contributed by atoms with Crippen LogP contribution in [0.1, 0.15) is 32.1 Å². The Bertz CT molecular complexity index is 375. The van der Waals surface area contributed by atoms with E-state index in [1.807, 2.05) is 5.06 Å². The Morgan fingerprint density at radius 2 is 1.95 bits per heavy atom. The number of hydrogen-bond donors (Lipinski definition) is 2. The maximum absolute atomic E-state index is 12.5. The first kappa shape index (κ1) is 16.5. The van der Waals surface area contributed by atoms with Crippen molar-refractivity contribution < 1.29 is 27.9 Å². The van der Waals surface area contributed by atoms with Gasteiger partial charge in [0, 0.05) is 38.4 Å². The Balaban J connectivity index is 1.68. The average molecular weight is 310 g/mol. The van der Waals surface area contributed by atoms with Gasteiger partial charge in [0.2, 0.25) is 5.91 Å². The van der Waals surface area contributed by atoms with Crippen molar-refractivity contribution in [1.29, 1.82) is 0 Å². The standard InChI is InChI=1S/C13H21F3N2O3/c1-21-18-4-2-9(3-5-18)6-11(19)17-10-7-12(20,8-10)13(14,15)16/h9-10,20H,2-8H2,1H3,(H,17,19). The zero-order chi connectivity index (χ0) is 15.7. The molecule has 0 unspecified atom stereocenters. The molecule has 0 aromatic heterocycles. The van der Waals surface area contributed by atoms with Gasteiger partial charge in [-0.1, -0.05) is 0 Å². The van der Waals surface area contributed by atoms with Crippen molar-refractivity contribution in [1.82, 2.24) is 10.4 Å². The van der Waals surface area contributed by atoms with E-state index in [4.69, 9.17) is 4.84 Å². The van der Waals surface area contributed by atoms with Crippen LogP contribution in [0.25, 0.3) is 0 Å². The number of alkyl halides is 3. The van der Waals surface area contributed by atoms with Crippen molar-refractivity contribution in [3.63, 3.8) is 0 Å². The lowest BCUT2D eigenvalue weighted by molar-refractivity contribution is -0.291. The zero-order valence-electron chi connectivity index (χ0n) is 11.9. The first-order chi connectivity index (χ1) is 9.73. The molecular weight excluding hydrogens is 289 g/mol. The highest BCUT2D eigenvalue weighted by Gasteiger charge is 2.61.